The Morgan fingerprint density at radius 3 is 0.368 bits per heavy atom. The maximum atomic E-state index is 10.7. The Morgan fingerprint density at radius 1 is 0.172 bits per heavy atom. The Kier molecular flexibility index (Phi) is 24.9. The van der Waals surface area contributed by atoms with Gasteiger partial charge in [0.1, 0.15) is 0 Å². The molecule has 12 N–H and O–H groups in total. The monoisotopic (exact) mass is 1180 g/mol. The Labute approximate surface area is 493 Å². The summed E-state index contributed by atoms with van der Waals surface area (Å²) in [7, 11) is 0. The van der Waals surface area contributed by atoms with E-state index in [0.717, 1.165) is 57.3 Å². The molecule has 87 heavy (non-hydrogen) atoms. The lowest BCUT2D eigenvalue weighted by Crippen LogP contribution is -1.99. The van der Waals surface area contributed by atoms with E-state index in [2.05, 4.69) is 0 Å². The van der Waals surface area contributed by atoms with Crippen LogP contribution < -0.4 is 0 Å². The first-order chi connectivity index (χ1) is 40.9. The Hall–Kier alpha value is -12.4. The number of rotatable bonds is 16. The predicted molar refractivity (Wildman–Crippen MR) is 316 cm³/mol. The smallest absolute Gasteiger partial charge is 0.335 e. The summed E-state index contributed by atoms with van der Waals surface area (Å²) in [5.41, 5.74) is 9.23. The van der Waals surface area contributed by atoms with Crippen molar-refractivity contribution in [1.29, 1.82) is 0 Å². The van der Waals surface area contributed by atoms with Gasteiger partial charge in [-0.3, -0.25) is 0 Å². The van der Waals surface area contributed by atoms with E-state index in [1.54, 1.807) is 121 Å². The van der Waals surface area contributed by atoms with Crippen LogP contribution in [0.25, 0.3) is 33.4 Å². The molecule has 9 aromatic rings. The largest absolute Gasteiger partial charge is 0.478 e. The van der Waals surface area contributed by atoms with Gasteiger partial charge >= 0.3 is 59.7 Å². The summed E-state index contributed by atoms with van der Waals surface area (Å²) in [5.74, 6) is -9.80. The molecule has 442 valence electrons. The molecule has 0 unspecified atom stereocenters. The van der Waals surface area contributed by atoms with Crippen LogP contribution in [0.2, 0.25) is 0 Å². The van der Waals surface area contributed by atoms with Gasteiger partial charge in [0.05, 0.1) is 55.6 Å². The van der Waals surface area contributed by atoms with Crippen LogP contribution >= 0.6 is 0 Å². The molecule has 21 nitrogen and oxygen atoms in total. The van der Waals surface area contributed by atoms with Gasteiger partial charge in [0.25, 0.3) is 0 Å². The lowest BCUT2D eigenvalue weighted by Gasteiger charge is -2.03. The zero-order valence-corrected chi connectivity index (χ0v) is 45.3. The van der Waals surface area contributed by atoms with E-state index < -0.39 is 59.7 Å². The highest BCUT2D eigenvalue weighted by Crippen LogP contribution is 2.23. The van der Waals surface area contributed by atoms with Crippen LogP contribution in [0, 0.1) is 0 Å². The van der Waals surface area contributed by atoms with E-state index in [0.29, 0.717) is 0 Å². The SMILES string of the molecule is O.O=C(O)c1ccc(-c2ccc(C(=O)O)cc2)cc1.O=C(O)c1ccc(-c2ccc(C(=O)O)cc2)cc1.O=C(O)c1ccc(-c2ccc(C(=O)O)cc2)cc1.O=C(O)c1ccc(C(=O)O)cc1.O=C(O)c1ccc(CCc2ccc(C(=O)O)cc2)cc1. The highest BCUT2D eigenvalue weighted by atomic mass is 16.4. The summed E-state index contributed by atoms with van der Waals surface area (Å²) >= 11 is 0. The molecule has 21 heteroatoms. The summed E-state index contributed by atoms with van der Waals surface area (Å²) in [6.45, 7) is 0. The second kappa shape index (κ2) is 32.3. The first kappa shape index (κ1) is 67.1. The average Bonchev–Trinajstić information content (AvgIpc) is 2.38. The quantitative estimate of drug-likeness (QED) is 0.0429. The topological polar surface area (TPSA) is 404 Å². The zero-order valence-electron chi connectivity index (χ0n) is 45.3. The average molecular weight is 1180 g/mol. The maximum Gasteiger partial charge on any atom is 0.335 e. The molecular formula is C66H52O21. The van der Waals surface area contributed by atoms with E-state index in [9.17, 15) is 47.9 Å². The molecule has 0 aromatic heterocycles. The summed E-state index contributed by atoms with van der Waals surface area (Å²) in [6.07, 6.45) is 1.57. The van der Waals surface area contributed by atoms with Crippen molar-refractivity contribution < 1.29 is 104 Å². The summed E-state index contributed by atoms with van der Waals surface area (Å²) in [5, 5.41) is 87.2. The van der Waals surface area contributed by atoms with Gasteiger partial charge in [0.15, 0.2) is 0 Å². The summed E-state index contributed by atoms with van der Waals surface area (Å²) < 4.78 is 0. The lowest BCUT2D eigenvalue weighted by molar-refractivity contribution is 0.0681. The number of aromatic carboxylic acids is 10. The fourth-order valence-electron chi connectivity index (χ4n) is 7.50. The number of carboxylic acids is 10. The number of carboxylic acid groups (broad SMARTS) is 10. The van der Waals surface area contributed by atoms with Crippen LogP contribution in [-0.4, -0.2) is 116 Å². The van der Waals surface area contributed by atoms with Crippen molar-refractivity contribution in [3.8, 4) is 33.4 Å². The minimum Gasteiger partial charge on any atom is -0.478 e. The van der Waals surface area contributed by atoms with Gasteiger partial charge in [-0.15, -0.1) is 0 Å². The highest BCUT2D eigenvalue weighted by molar-refractivity contribution is 5.94. The fourth-order valence-corrected chi connectivity index (χ4v) is 7.50. The highest BCUT2D eigenvalue weighted by Gasteiger charge is 2.10. The molecule has 0 amide bonds. The minimum absolute atomic E-state index is 0. The van der Waals surface area contributed by atoms with Gasteiger partial charge in [0, 0.05) is 0 Å². The number of hydrogen-bond donors (Lipinski definition) is 10. The third kappa shape index (κ3) is 20.8. The molecule has 0 heterocycles. The molecule has 0 saturated carbocycles. The molecule has 0 spiro atoms. The van der Waals surface area contributed by atoms with Crippen molar-refractivity contribution >= 4 is 59.7 Å². The molecule has 9 aromatic carbocycles. The molecule has 9 rings (SSSR count). The summed E-state index contributed by atoms with van der Waals surface area (Å²) in [6, 6.07) is 57.1. The van der Waals surface area contributed by atoms with Gasteiger partial charge in [-0.05, 0) is 179 Å². The van der Waals surface area contributed by atoms with E-state index in [-0.39, 0.29) is 61.1 Å². The molecule has 0 saturated heterocycles. The van der Waals surface area contributed by atoms with Gasteiger partial charge in [-0.2, -0.15) is 0 Å². The van der Waals surface area contributed by atoms with Gasteiger partial charge < -0.3 is 56.5 Å². The molecule has 0 aliphatic rings. The van der Waals surface area contributed by atoms with Crippen molar-refractivity contribution in [1.82, 2.24) is 0 Å². The second-order valence-corrected chi connectivity index (χ2v) is 18.0. The third-order valence-electron chi connectivity index (χ3n) is 12.3. The van der Waals surface area contributed by atoms with Crippen molar-refractivity contribution in [3.05, 3.63) is 285 Å². The van der Waals surface area contributed by atoms with Crippen LogP contribution in [0.4, 0.5) is 0 Å². The summed E-state index contributed by atoms with van der Waals surface area (Å²) in [4.78, 5) is 106. The van der Waals surface area contributed by atoms with E-state index in [1.807, 2.05) is 0 Å². The molecule has 0 radical (unpaired) electrons. The lowest BCUT2D eigenvalue weighted by atomic mass is 10.0. The Balaban J connectivity index is 0.000000234. The van der Waals surface area contributed by atoms with Crippen molar-refractivity contribution in [2.45, 2.75) is 12.8 Å². The van der Waals surface area contributed by atoms with Crippen LogP contribution in [0.3, 0.4) is 0 Å². The van der Waals surface area contributed by atoms with Crippen LogP contribution in [0.15, 0.2) is 218 Å². The number of carbonyl (C=O) groups is 10. The molecule has 0 fully saturated rings. The van der Waals surface area contributed by atoms with E-state index in [4.69, 9.17) is 51.1 Å². The predicted octanol–water partition coefficient (Wildman–Crippen LogP) is 11.4. The van der Waals surface area contributed by atoms with Gasteiger partial charge in [-0.1, -0.05) is 97.1 Å². The fraction of sp³-hybridized carbons (Fsp3) is 0.0303. The number of hydrogen-bond acceptors (Lipinski definition) is 10. The normalized spacial score (nSPS) is 9.84. The van der Waals surface area contributed by atoms with Crippen molar-refractivity contribution in [2.24, 2.45) is 0 Å². The number of benzene rings is 9. The molecule has 0 bridgehead atoms. The minimum atomic E-state index is -1.06. The van der Waals surface area contributed by atoms with Crippen molar-refractivity contribution in [2.75, 3.05) is 0 Å². The van der Waals surface area contributed by atoms with E-state index in [1.165, 1.54) is 97.1 Å². The molecular weight excluding hydrogens is 1130 g/mol. The zero-order chi connectivity index (χ0) is 63.0. The second-order valence-electron chi connectivity index (χ2n) is 18.0. The van der Waals surface area contributed by atoms with Crippen LogP contribution in [0.1, 0.15) is 115 Å². The third-order valence-corrected chi connectivity index (χ3v) is 12.3. The van der Waals surface area contributed by atoms with Crippen LogP contribution in [-0.2, 0) is 12.8 Å². The van der Waals surface area contributed by atoms with Gasteiger partial charge in [-0.25, -0.2) is 47.9 Å². The van der Waals surface area contributed by atoms with Crippen molar-refractivity contribution in [3.63, 3.8) is 0 Å². The van der Waals surface area contributed by atoms with E-state index >= 15 is 0 Å². The van der Waals surface area contributed by atoms with Gasteiger partial charge in [0.2, 0.25) is 0 Å². The standard InChI is InChI=1S/C16H14O4.3C14H10O4.C8H6O4.H2O/c17-15(18)13-7-3-11(4-8-13)1-2-12-5-9-14(10-6-12)16(19)20;3*15-13(16)11-5-1-9(2-6-11)10-3-7-12(8-4-10)14(17)18;9-7(10)5-1-2-6(4-3-5)8(11)12;/h3-10H,1-2H2,(H,17,18)(H,19,20);3*1-8H,(H,15,16)(H,17,18);1-4H,(H,9,10)(H,11,12);1H2. The molecule has 0 aliphatic heterocycles. The molecule has 0 aliphatic carbocycles. The van der Waals surface area contributed by atoms with Crippen LogP contribution in [0.5, 0.6) is 0 Å². The first-order valence-corrected chi connectivity index (χ1v) is 25.1. The Morgan fingerprint density at radius 2 is 0.264 bits per heavy atom. The molecule has 0 atom stereocenters. The number of aryl methyl sites for hydroxylation is 2. The Bertz CT molecular complexity index is 3340. The maximum absolute atomic E-state index is 10.7. The first-order valence-electron chi connectivity index (χ1n) is 25.1.